The summed E-state index contributed by atoms with van der Waals surface area (Å²) in [6, 6.07) is 0. The second-order valence-corrected chi connectivity index (χ2v) is 2.23. The van der Waals surface area contributed by atoms with Crippen LogP contribution in [-0.2, 0) is 0 Å². The van der Waals surface area contributed by atoms with Gasteiger partial charge in [0.1, 0.15) is 0 Å². The number of hydrogen-bond acceptors (Lipinski definition) is 2. The molecule has 0 amide bonds. The number of nitrogens with two attached hydrogens (primary N) is 1. The molecule has 1 rings (SSSR count). The van der Waals surface area contributed by atoms with E-state index < -0.39 is 11.8 Å². The maximum Gasteiger partial charge on any atom is 0.428 e. The van der Waals surface area contributed by atoms with Crippen LogP contribution in [0.5, 0.6) is 0 Å². The molecule has 11 heavy (non-hydrogen) atoms. The summed E-state index contributed by atoms with van der Waals surface area (Å²) in [4.78, 5) is 0. The molecular formula is C6H7F3N2. The molecular weight excluding hydrogens is 157 g/mol. The van der Waals surface area contributed by atoms with Crippen molar-refractivity contribution in [3.63, 3.8) is 0 Å². The molecule has 1 aliphatic rings. The minimum Gasteiger partial charge on any atom is -0.363 e. The molecule has 0 fully saturated rings. The van der Waals surface area contributed by atoms with E-state index in [0.717, 1.165) is 12.3 Å². The Morgan fingerprint density at radius 2 is 1.91 bits per heavy atom. The lowest BCUT2D eigenvalue weighted by Gasteiger charge is -2.30. The molecule has 2 nitrogen and oxygen atoms in total. The van der Waals surface area contributed by atoms with Gasteiger partial charge in [0.2, 0.25) is 5.66 Å². The molecule has 0 saturated carbocycles. The molecule has 0 aromatic rings. The summed E-state index contributed by atoms with van der Waals surface area (Å²) in [5.41, 5.74) is 2.56. The van der Waals surface area contributed by atoms with Crippen molar-refractivity contribution in [2.45, 2.75) is 11.8 Å². The summed E-state index contributed by atoms with van der Waals surface area (Å²) in [6.07, 6.45) is 0.260. The van der Waals surface area contributed by atoms with Gasteiger partial charge >= 0.3 is 6.18 Å². The van der Waals surface area contributed by atoms with Crippen molar-refractivity contribution in [3.05, 3.63) is 24.4 Å². The van der Waals surface area contributed by atoms with Gasteiger partial charge in [0.25, 0.3) is 0 Å². The fourth-order valence-electron chi connectivity index (χ4n) is 0.673. The van der Waals surface area contributed by atoms with E-state index in [1.54, 1.807) is 0 Å². The van der Waals surface area contributed by atoms with E-state index in [1.165, 1.54) is 12.2 Å². The Morgan fingerprint density at radius 1 is 1.27 bits per heavy atom. The third-order valence-corrected chi connectivity index (χ3v) is 1.36. The number of allylic oxidation sites excluding steroid dienone is 2. The van der Waals surface area contributed by atoms with Crippen molar-refractivity contribution in [2.24, 2.45) is 5.73 Å². The maximum absolute atomic E-state index is 12.1. The zero-order chi connectivity index (χ0) is 8.54. The molecule has 1 heterocycles. The Balaban J connectivity index is 2.84. The predicted octanol–water partition coefficient (Wildman–Crippen LogP) is 0.877. The normalized spacial score (nSPS) is 30.2. The highest BCUT2D eigenvalue weighted by molar-refractivity contribution is 5.19. The highest BCUT2D eigenvalue weighted by Crippen LogP contribution is 2.28. The second-order valence-electron chi connectivity index (χ2n) is 2.23. The van der Waals surface area contributed by atoms with Crippen molar-refractivity contribution in [2.75, 3.05) is 0 Å². The van der Waals surface area contributed by atoms with Crippen molar-refractivity contribution in [3.8, 4) is 0 Å². The van der Waals surface area contributed by atoms with Crippen molar-refractivity contribution in [1.29, 1.82) is 0 Å². The molecule has 0 radical (unpaired) electrons. The van der Waals surface area contributed by atoms with Gasteiger partial charge in [0.05, 0.1) is 0 Å². The number of dihydropyridines is 1. The number of rotatable bonds is 0. The molecule has 62 valence electrons. The van der Waals surface area contributed by atoms with Gasteiger partial charge in [-0.2, -0.15) is 13.2 Å². The van der Waals surface area contributed by atoms with Crippen LogP contribution in [0.15, 0.2) is 24.4 Å². The van der Waals surface area contributed by atoms with Crippen LogP contribution in [0, 0.1) is 0 Å². The van der Waals surface area contributed by atoms with Crippen molar-refractivity contribution >= 4 is 0 Å². The lowest BCUT2D eigenvalue weighted by Crippen LogP contribution is -2.61. The first kappa shape index (κ1) is 8.13. The zero-order valence-electron chi connectivity index (χ0n) is 5.52. The predicted molar refractivity (Wildman–Crippen MR) is 34.4 cm³/mol. The minimum atomic E-state index is -4.46. The molecule has 1 aliphatic heterocycles. The first-order valence-corrected chi connectivity index (χ1v) is 2.93. The first-order valence-electron chi connectivity index (χ1n) is 2.93. The summed E-state index contributed by atoms with van der Waals surface area (Å²) in [5.74, 6) is 0. The lowest BCUT2D eigenvalue weighted by atomic mass is 10.1. The summed E-state index contributed by atoms with van der Waals surface area (Å²) < 4.78 is 36.2. The molecule has 0 spiro atoms. The van der Waals surface area contributed by atoms with Gasteiger partial charge in [-0.15, -0.1) is 0 Å². The highest BCUT2D eigenvalue weighted by Gasteiger charge is 2.50. The van der Waals surface area contributed by atoms with E-state index in [0.29, 0.717) is 0 Å². The number of nitrogens with one attached hydrogen (secondary N) is 1. The van der Waals surface area contributed by atoms with E-state index >= 15 is 0 Å². The molecule has 5 heteroatoms. The smallest absolute Gasteiger partial charge is 0.363 e. The average molecular weight is 164 g/mol. The van der Waals surface area contributed by atoms with E-state index in [4.69, 9.17) is 5.73 Å². The van der Waals surface area contributed by atoms with Crippen LogP contribution in [0.1, 0.15) is 0 Å². The van der Waals surface area contributed by atoms with Crippen LogP contribution in [0.25, 0.3) is 0 Å². The van der Waals surface area contributed by atoms with Crippen LogP contribution in [0.2, 0.25) is 0 Å². The Kier molecular flexibility index (Phi) is 1.67. The molecule has 0 aromatic carbocycles. The standard InChI is InChI=1S/C6H7F3N2/c7-6(8,9)5(10)3-1-2-4-11-5/h1-4,11H,10H2. The van der Waals surface area contributed by atoms with Gasteiger partial charge in [0, 0.05) is 0 Å². The average Bonchev–Trinajstić information content (AvgIpc) is 1.87. The topological polar surface area (TPSA) is 38.0 Å². The quantitative estimate of drug-likeness (QED) is 0.557. The van der Waals surface area contributed by atoms with Gasteiger partial charge in [-0.1, -0.05) is 6.08 Å². The molecule has 1 atom stereocenters. The molecule has 0 aliphatic carbocycles. The van der Waals surface area contributed by atoms with Gasteiger partial charge in [-0.05, 0) is 18.4 Å². The third-order valence-electron chi connectivity index (χ3n) is 1.36. The van der Waals surface area contributed by atoms with Gasteiger partial charge in [-0.25, -0.2) is 0 Å². The fourth-order valence-corrected chi connectivity index (χ4v) is 0.673. The van der Waals surface area contributed by atoms with E-state index in [9.17, 15) is 13.2 Å². The molecule has 3 N–H and O–H groups in total. The Hall–Kier alpha value is -0.970. The summed E-state index contributed by atoms with van der Waals surface area (Å²) >= 11 is 0. The summed E-state index contributed by atoms with van der Waals surface area (Å²) in [6.45, 7) is 0. The number of hydrogen-bond donors (Lipinski definition) is 2. The summed E-state index contributed by atoms with van der Waals surface area (Å²) in [7, 11) is 0. The number of halogens is 3. The third kappa shape index (κ3) is 1.37. The van der Waals surface area contributed by atoms with Crippen LogP contribution < -0.4 is 11.1 Å². The summed E-state index contributed by atoms with van der Waals surface area (Å²) in [5, 5.41) is 2.02. The molecule has 1 unspecified atom stereocenters. The largest absolute Gasteiger partial charge is 0.428 e. The van der Waals surface area contributed by atoms with Gasteiger partial charge in [0.15, 0.2) is 0 Å². The highest BCUT2D eigenvalue weighted by atomic mass is 19.4. The Bertz CT molecular complexity index is 206. The van der Waals surface area contributed by atoms with Crippen molar-refractivity contribution < 1.29 is 13.2 Å². The maximum atomic E-state index is 12.1. The van der Waals surface area contributed by atoms with Gasteiger partial charge < -0.3 is 5.32 Å². The van der Waals surface area contributed by atoms with E-state index in [-0.39, 0.29) is 0 Å². The van der Waals surface area contributed by atoms with E-state index in [1.807, 2.05) is 5.32 Å². The van der Waals surface area contributed by atoms with E-state index in [2.05, 4.69) is 0 Å². The van der Waals surface area contributed by atoms with Crippen LogP contribution in [0.4, 0.5) is 13.2 Å². The minimum absolute atomic E-state index is 0.868. The second kappa shape index (κ2) is 2.27. The molecule has 0 saturated heterocycles. The Labute approximate surface area is 61.6 Å². The SMILES string of the molecule is NC1(C(F)(F)F)C=CC=CN1. The zero-order valence-corrected chi connectivity index (χ0v) is 5.52. The number of alkyl halides is 3. The van der Waals surface area contributed by atoms with Gasteiger partial charge in [-0.3, -0.25) is 5.73 Å². The van der Waals surface area contributed by atoms with Crippen molar-refractivity contribution in [1.82, 2.24) is 5.32 Å². The molecule has 0 bridgehead atoms. The fraction of sp³-hybridized carbons (Fsp3) is 0.333. The van der Waals surface area contributed by atoms with Crippen LogP contribution in [0.3, 0.4) is 0 Å². The lowest BCUT2D eigenvalue weighted by molar-refractivity contribution is -0.177. The first-order chi connectivity index (χ1) is 4.96. The molecule has 0 aromatic heterocycles. The van der Waals surface area contributed by atoms with Crippen LogP contribution in [-0.4, -0.2) is 11.8 Å². The monoisotopic (exact) mass is 164 g/mol. The van der Waals surface area contributed by atoms with Crippen LogP contribution >= 0.6 is 0 Å². The Morgan fingerprint density at radius 3 is 2.18 bits per heavy atom.